The Morgan fingerprint density at radius 1 is 1.15 bits per heavy atom. The van der Waals surface area contributed by atoms with Crippen LogP contribution in [-0.2, 0) is 27.8 Å². The first-order valence-corrected chi connectivity index (χ1v) is 11.5. The molecule has 34 heavy (non-hydrogen) atoms. The van der Waals surface area contributed by atoms with Crippen LogP contribution in [0.3, 0.4) is 0 Å². The lowest BCUT2D eigenvalue weighted by molar-refractivity contribution is -0.144. The summed E-state index contributed by atoms with van der Waals surface area (Å²) < 4.78 is 42.0. The average molecular weight is 471 g/mol. The van der Waals surface area contributed by atoms with Gasteiger partial charge in [-0.3, -0.25) is 9.69 Å². The number of alkyl halides is 2. The lowest BCUT2D eigenvalue weighted by Gasteiger charge is -2.37. The molecule has 0 aromatic heterocycles. The monoisotopic (exact) mass is 470 g/mol. The van der Waals surface area contributed by atoms with E-state index in [-0.39, 0.29) is 30.1 Å². The van der Waals surface area contributed by atoms with Gasteiger partial charge in [-0.05, 0) is 48.6 Å². The van der Waals surface area contributed by atoms with Crippen LogP contribution in [0.15, 0.2) is 42.5 Å². The van der Waals surface area contributed by atoms with Crippen molar-refractivity contribution in [3.05, 3.63) is 59.2 Å². The first-order chi connectivity index (χ1) is 16.4. The van der Waals surface area contributed by atoms with Gasteiger partial charge in [0.1, 0.15) is 6.10 Å². The minimum Gasteiger partial charge on any atom is -0.486 e. The molecule has 0 unspecified atom stereocenters. The molecule has 2 aromatic carbocycles. The highest BCUT2D eigenvalue weighted by Gasteiger charge is 2.38. The van der Waals surface area contributed by atoms with Crippen LogP contribution in [-0.4, -0.2) is 49.8 Å². The number of carbonyl (C=O) groups is 1. The molecule has 180 valence electrons. The fourth-order valence-corrected chi connectivity index (χ4v) is 4.82. The van der Waals surface area contributed by atoms with Crippen molar-refractivity contribution in [3.8, 4) is 17.6 Å². The molecular formula is C26H28F2N2O4. The van der Waals surface area contributed by atoms with Gasteiger partial charge in [0, 0.05) is 25.9 Å². The highest BCUT2D eigenvalue weighted by Crippen LogP contribution is 2.41. The van der Waals surface area contributed by atoms with Crippen LogP contribution in [0.25, 0.3) is 0 Å². The zero-order valence-corrected chi connectivity index (χ0v) is 19.1. The van der Waals surface area contributed by atoms with Crippen LogP contribution in [0.2, 0.25) is 0 Å². The van der Waals surface area contributed by atoms with Crippen molar-refractivity contribution >= 4 is 5.97 Å². The maximum Gasteiger partial charge on any atom is 0.387 e. The van der Waals surface area contributed by atoms with Crippen molar-refractivity contribution in [3.63, 3.8) is 0 Å². The van der Waals surface area contributed by atoms with E-state index in [1.165, 1.54) is 17.2 Å². The van der Waals surface area contributed by atoms with Crippen LogP contribution in [0.1, 0.15) is 36.5 Å². The number of esters is 1. The van der Waals surface area contributed by atoms with Gasteiger partial charge in [-0.1, -0.05) is 30.3 Å². The number of hydrogen-bond acceptors (Lipinski definition) is 6. The normalized spacial score (nSPS) is 17.7. The minimum atomic E-state index is -2.98. The molecule has 1 fully saturated rings. The topological polar surface area (TPSA) is 71.8 Å². The highest BCUT2D eigenvalue weighted by molar-refractivity contribution is 5.71. The van der Waals surface area contributed by atoms with Gasteiger partial charge in [-0.2, -0.15) is 14.0 Å². The molecule has 2 aliphatic rings. The second kappa shape index (κ2) is 10.4. The van der Waals surface area contributed by atoms with Crippen LogP contribution in [0.4, 0.5) is 8.78 Å². The maximum atomic E-state index is 13.1. The summed E-state index contributed by atoms with van der Waals surface area (Å²) in [6, 6.07) is 15.3. The summed E-state index contributed by atoms with van der Waals surface area (Å²) in [5, 5.41) is 10.1. The average Bonchev–Trinajstić information content (AvgIpc) is 3.23. The Bertz CT molecular complexity index is 1040. The lowest BCUT2D eigenvalue weighted by Crippen LogP contribution is -2.44. The van der Waals surface area contributed by atoms with E-state index >= 15 is 0 Å². The third-order valence-corrected chi connectivity index (χ3v) is 6.60. The molecule has 1 aliphatic heterocycles. The number of benzene rings is 2. The summed E-state index contributed by atoms with van der Waals surface area (Å²) in [4.78, 5) is 13.8. The number of hydrogen-bond donors (Lipinski definition) is 0. The number of nitrogens with zero attached hydrogens (tertiary/aromatic N) is 2. The number of rotatable bonds is 8. The third-order valence-electron chi connectivity index (χ3n) is 6.60. The van der Waals surface area contributed by atoms with Gasteiger partial charge in [0.05, 0.1) is 24.6 Å². The molecule has 0 atom stereocenters. The Kier molecular flexibility index (Phi) is 7.32. The summed E-state index contributed by atoms with van der Waals surface area (Å²) >= 11 is 0. The molecule has 0 N–H and O–H groups in total. The molecule has 0 spiro atoms. The van der Waals surface area contributed by atoms with Gasteiger partial charge < -0.3 is 14.2 Å². The fraction of sp³-hybridized carbons (Fsp3) is 0.462. The zero-order chi connectivity index (χ0) is 24.1. The molecule has 1 heterocycles. The number of likely N-dealkylation sites (tertiary alicyclic amines) is 1. The van der Waals surface area contributed by atoms with Crippen molar-refractivity contribution < 1.29 is 27.8 Å². The summed E-state index contributed by atoms with van der Waals surface area (Å²) in [6.45, 7) is 0.403. The molecule has 2 aromatic rings. The minimum absolute atomic E-state index is 0.0393. The number of halogens is 2. The van der Waals surface area contributed by atoms with Gasteiger partial charge in [-0.25, -0.2) is 0 Å². The van der Waals surface area contributed by atoms with Gasteiger partial charge in [0.2, 0.25) is 0 Å². The summed E-state index contributed by atoms with van der Waals surface area (Å²) in [5.74, 6) is -0.101. The van der Waals surface area contributed by atoms with Crippen LogP contribution >= 0.6 is 0 Å². The second-order valence-electron chi connectivity index (χ2n) is 8.73. The summed E-state index contributed by atoms with van der Waals surface area (Å²) in [6.07, 6.45) is 2.18. The van der Waals surface area contributed by atoms with E-state index in [9.17, 15) is 18.8 Å². The Labute approximate surface area is 198 Å². The number of carbonyl (C=O) groups excluding carboxylic acids is 1. The molecule has 8 heteroatoms. The number of piperidine rings is 1. The molecular weight excluding hydrogens is 442 g/mol. The summed E-state index contributed by atoms with van der Waals surface area (Å²) in [7, 11) is 0. The summed E-state index contributed by atoms with van der Waals surface area (Å²) in [5.41, 5.74) is 2.27. The third kappa shape index (κ3) is 5.31. The quantitative estimate of drug-likeness (QED) is 0.537. The van der Waals surface area contributed by atoms with Crippen LogP contribution in [0.5, 0.6) is 11.5 Å². The first-order valence-electron chi connectivity index (χ1n) is 11.5. The van der Waals surface area contributed by atoms with E-state index < -0.39 is 12.0 Å². The Hall–Kier alpha value is -3.18. The molecule has 1 aliphatic carbocycles. The highest BCUT2D eigenvalue weighted by atomic mass is 19.3. The lowest BCUT2D eigenvalue weighted by atomic mass is 9.74. The molecule has 0 saturated carbocycles. The Morgan fingerprint density at radius 2 is 1.82 bits per heavy atom. The van der Waals surface area contributed by atoms with Crippen molar-refractivity contribution in [1.82, 2.24) is 4.90 Å². The molecule has 0 radical (unpaired) electrons. The molecule has 0 amide bonds. The molecule has 0 bridgehead atoms. The Morgan fingerprint density at radius 3 is 2.41 bits per heavy atom. The molecule has 6 nitrogen and oxygen atoms in total. The Balaban J connectivity index is 1.53. The van der Waals surface area contributed by atoms with Crippen LogP contribution in [0, 0.1) is 11.3 Å². The smallest absolute Gasteiger partial charge is 0.387 e. The molecule has 1 saturated heterocycles. The maximum absolute atomic E-state index is 13.1. The van der Waals surface area contributed by atoms with E-state index in [4.69, 9.17) is 14.2 Å². The van der Waals surface area contributed by atoms with Gasteiger partial charge >= 0.3 is 12.6 Å². The zero-order valence-electron chi connectivity index (χ0n) is 19.1. The molecule has 4 rings (SSSR count). The van der Waals surface area contributed by atoms with E-state index in [2.05, 4.69) is 6.07 Å². The van der Waals surface area contributed by atoms with E-state index in [0.29, 0.717) is 50.9 Å². The van der Waals surface area contributed by atoms with Crippen LogP contribution < -0.4 is 9.47 Å². The predicted molar refractivity (Wildman–Crippen MR) is 121 cm³/mol. The SMILES string of the molecule is CCOC(=O)CN1CCC(C#N)(c2ccc(OC(F)F)c(OC3Cc4ccccc4C3)c2)CC1. The van der Waals surface area contributed by atoms with E-state index in [1.807, 2.05) is 29.2 Å². The number of fused-ring (bicyclic) bond motifs is 1. The largest absolute Gasteiger partial charge is 0.486 e. The van der Waals surface area contributed by atoms with Crippen molar-refractivity contribution in [2.45, 2.75) is 50.7 Å². The first kappa shape index (κ1) is 24.0. The number of nitriles is 1. The van der Waals surface area contributed by atoms with E-state index in [0.717, 1.165) is 0 Å². The van der Waals surface area contributed by atoms with Gasteiger partial charge in [0.25, 0.3) is 0 Å². The van der Waals surface area contributed by atoms with Crippen molar-refractivity contribution in [1.29, 1.82) is 5.26 Å². The van der Waals surface area contributed by atoms with Crippen molar-refractivity contribution in [2.75, 3.05) is 26.2 Å². The van der Waals surface area contributed by atoms with Gasteiger partial charge in [-0.15, -0.1) is 0 Å². The van der Waals surface area contributed by atoms with E-state index in [1.54, 1.807) is 19.1 Å². The number of ether oxygens (including phenoxy) is 3. The van der Waals surface area contributed by atoms with Crippen molar-refractivity contribution in [2.24, 2.45) is 0 Å². The predicted octanol–water partition coefficient (Wildman–Crippen LogP) is 4.25. The van der Waals surface area contributed by atoms with Gasteiger partial charge in [0.15, 0.2) is 11.5 Å². The fourth-order valence-electron chi connectivity index (χ4n) is 4.82. The second-order valence-corrected chi connectivity index (χ2v) is 8.73. The standard InChI is InChI=1S/C26H28F2N2O4/c1-2-32-24(31)16-30-11-9-26(17-29,10-12-30)20-7-8-22(34-25(27)28)23(15-20)33-21-13-18-5-3-4-6-19(18)14-21/h3-8,15,21,25H,2,9-14,16H2,1H3.